The van der Waals surface area contributed by atoms with Gasteiger partial charge in [-0.15, -0.1) is 0 Å². The van der Waals surface area contributed by atoms with Crippen molar-refractivity contribution in [3.05, 3.63) is 66.7 Å². The number of methoxy groups -OCH3 is 1. The number of benzene rings is 2. The highest BCUT2D eigenvalue weighted by molar-refractivity contribution is 7.91. The molecule has 2 aliphatic heterocycles. The number of ether oxygens (including phenoxy) is 2. The standard InChI is InChI=1S/C34H37N5O7S/c1-45-22-11-14-25-28(15-22)36-27(20-7-3-2-4-8-20)17-30(25)46-23-16-29-31(40)37-34(33(42)38-47(43,44)24-12-13-24)18-21(34)9-5-6-10-26(35)32(41)39(29)19-23/h2-5,7-9,11,14-15,17,21,23-24,26,29H,6,10,12-13,16,18-19,35H2,1H3,(H,37,40)(H,38,42)/t21?,23-,26+,29+,34-/m1/s1. The van der Waals surface area contributed by atoms with Crippen molar-refractivity contribution in [1.29, 1.82) is 0 Å². The molecule has 47 heavy (non-hydrogen) atoms. The monoisotopic (exact) mass is 659 g/mol. The number of carbonyl (C=O) groups excluding carboxylic acids is 3. The molecule has 3 fully saturated rings. The normalized spacial score (nSPS) is 27.6. The number of sulfonamides is 1. The fourth-order valence-corrected chi connectivity index (χ4v) is 7.92. The molecule has 4 aliphatic rings. The van der Waals surface area contributed by atoms with E-state index in [1.165, 1.54) is 4.90 Å². The summed E-state index contributed by atoms with van der Waals surface area (Å²) in [5, 5.41) is 2.99. The van der Waals surface area contributed by atoms with Gasteiger partial charge in [-0.1, -0.05) is 42.5 Å². The summed E-state index contributed by atoms with van der Waals surface area (Å²) in [5.41, 5.74) is 7.12. The highest BCUT2D eigenvalue weighted by Gasteiger charge is 2.62. The summed E-state index contributed by atoms with van der Waals surface area (Å²) in [6.45, 7) is 0.0970. The summed E-state index contributed by atoms with van der Waals surface area (Å²) in [4.78, 5) is 47.3. The third-order valence-electron chi connectivity index (χ3n) is 9.48. The molecule has 7 rings (SSSR count). The molecule has 2 aliphatic carbocycles. The van der Waals surface area contributed by atoms with Crippen LogP contribution in [0.15, 0.2) is 66.7 Å². The molecule has 0 spiro atoms. The van der Waals surface area contributed by atoms with Crippen molar-refractivity contribution in [2.45, 2.75) is 67.5 Å². The Morgan fingerprint density at radius 2 is 1.89 bits per heavy atom. The van der Waals surface area contributed by atoms with Crippen LogP contribution in [0.3, 0.4) is 0 Å². The first-order chi connectivity index (χ1) is 22.6. The number of allylic oxidation sites excluding steroid dienone is 1. The smallest absolute Gasteiger partial charge is 0.259 e. The summed E-state index contributed by atoms with van der Waals surface area (Å²) in [6.07, 6.45) is 5.28. The van der Waals surface area contributed by atoms with Gasteiger partial charge in [0.05, 0.1) is 36.2 Å². The molecule has 246 valence electrons. The van der Waals surface area contributed by atoms with Gasteiger partial charge in [-0.25, -0.2) is 13.4 Å². The topological polar surface area (TPSA) is 170 Å². The van der Waals surface area contributed by atoms with Crippen molar-refractivity contribution in [2.75, 3.05) is 13.7 Å². The average molecular weight is 660 g/mol. The second kappa shape index (κ2) is 11.9. The summed E-state index contributed by atoms with van der Waals surface area (Å²) in [7, 11) is -2.24. The van der Waals surface area contributed by atoms with Crippen LogP contribution in [0.1, 0.15) is 38.5 Å². The van der Waals surface area contributed by atoms with Crippen LogP contribution in [-0.2, 0) is 24.4 Å². The van der Waals surface area contributed by atoms with Gasteiger partial charge in [-0.05, 0) is 44.2 Å². The lowest BCUT2D eigenvalue weighted by molar-refractivity contribution is -0.140. The van der Waals surface area contributed by atoms with Crippen LogP contribution in [0.4, 0.5) is 0 Å². The van der Waals surface area contributed by atoms with Gasteiger partial charge in [-0.3, -0.25) is 19.1 Å². The van der Waals surface area contributed by atoms with Crippen molar-refractivity contribution in [3.63, 3.8) is 0 Å². The predicted octanol–water partition coefficient (Wildman–Crippen LogP) is 2.42. The molecular formula is C34H37N5O7S. The number of carbonyl (C=O) groups is 3. The largest absolute Gasteiger partial charge is 0.497 e. The lowest BCUT2D eigenvalue weighted by Gasteiger charge is -2.28. The van der Waals surface area contributed by atoms with E-state index in [4.69, 9.17) is 20.2 Å². The Labute approximate surface area is 272 Å². The second-order valence-corrected chi connectivity index (χ2v) is 14.8. The maximum atomic E-state index is 14.0. The predicted molar refractivity (Wildman–Crippen MR) is 174 cm³/mol. The first-order valence-corrected chi connectivity index (χ1v) is 17.4. The summed E-state index contributed by atoms with van der Waals surface area (Å²) in [6, 6.07) is 15.2. The number of fused-ring (bicyclic) bond motifs is 3. The Kier molecular flexibility index (Phi) is 7.91. The Hall–Kier alpha value is -4.49. The zero-order valence-electron chi connectivity index (χ0n) is 25.9. The van der Waals surface area contributed by atoms with Crippen molar-refractivity contribution in [1.82, 2.24) is 19.9 Å². The van der Waals surface area contributed by atoms with Gasteiger partial charge < -0.3 is 25.4 Å². The van der Waals surface area contributed by atoms with Gasteiger partial charge in [0.25, 0.3) is 5.91 Å². The average Bonchev–Trinajstić information content (AvgIpc) is 3.99. The maximum absolute atomic E-state index is 14.0. The molecular weight excluding hydrogens is 622 g/mol. The van der Waals surface area contributed by atoms with E-state index < -0.39 is 50.8 Å². The molecule has 2 aromatic carbocycles. The lowest BCUT2D eigenvalue weighted by Crippen LogP contribution is -2.57. The third kappa shape index (κ3) is 6.05. The fraction of sp³-hybridized carbons (Fsp3) is 0.412. The van der Waals surface area contributed by atoms with Crippen molar-refractivity contribution in [3.8, 4) is 22.8 Å². The van der Waals surface area contributed by atoms with Crippen LogP contribution < -0.4 is 25.2 Å². The van der Waals surface area contributed by atoms with Crippen molar-refractivity contribution in [2.24, 2.45) is 11.7 Å². The molecule has 1 aromatic heterocycles. The highest BCUT2D eigenvalue weighted by Crippen LogP contribution is 2.46. The molecule has 5 atom stereocenters. The first kappa shape index (κ1) is 31.1. The molecule has 0 radical (unpaired) electrons. The number of hydrogen-bond acceptors (Lipinski definition) is 9. The van der Waals surface area contributed by atoms with Gasteiger partial charge in [0, 0.05) is 35.4 Å². The molecule has 3 aromatic rings. The number of amides is 3. The van der Waals surface area contributed by atoms with Gasteiger partial charge >= 0.3 is 0 Å². The second-order valence-electron chi connectivity index (χ2n) is 12.8. The maximum Gasteiger partial charge on any atom is 0.259 e. The number of rotatable bonds is 7. The number of nitrogens with one attached hydrogen (secondary N) is 2. The summed E-state index contributed by atoms with van der Waals surface area (Å²) in [5.74, 6) is -0.909. The van der Waals surface area contributed by atoms with E-state index in [1.54, 1.807) is 13.2 Å². The number of aromatic nitrogens is 1. The van der Waals surface area contributed by atoms with E-state index in [0.29, 0.717) is 48.4 Å². The number of pyridine rings is 1. The molecule has 3 amide bonds. The zero-order valence-corrected chi connectivity index (χ0v) is 26.7. The molecule has 1 saturated heterocycles. The van der Waals surface area contributed by atoms with Crippen LogP contribution in [0.5, 0.6) is 11.5 Å². The molecule has 2 saturated carbocycles. The fourth-order valence-electron chi connectivity index (χ4n) is 6.55. The zero-order chi connectivity index (χ0) is 32.9. The Morgan fingerprint density at radius 3 is 2.64 bits per heavy atom. The Bertz CT molecular complexity index is 1880. The molecule has 3 heterocycles. The molecule has 4 N–H and O–H groups in total. The lowest BCUT2D eigenvalue weighted by atomic mass is 10.1. The first-order valence-electron chi connectivity index (χ1n) is 15.9. The minimum atomic E-state index is -3.83. The van der Waals surface area contributed by atoms with Crippen LogP contribution in [0.2, 0.25) is 0 Å². The summed E-state index contributed by atoms with van der Waals surface area (Å²) < 4.78 is 39.5. The van der Waals surface area contributed by atoms with E-state index in [9.17, 15) is 22.8 Å². The van der Waals surface area contributed by atoms with E-state index in [2.05, 4.69) is 10.0 Å². The van der Waals surface area contributed by atoms with Gasteiger partial charge in [0.1, 0.15) is 29.2 Å². The van der Waals surface area contributed by atoms with Crippen molar-refractivity contribution < 1.29 is 32.3 Å². The Morgan fingerprint density at radius 1 is 1.11 bits per heavy atom. The van der Waals surface area contributed by atoms with E-state index in [0.717, 1.165) is 10.9 Å². The quantitative estimate of drug-likeness (QED) is 0.323. The summed E-state index contributed by atoms with van der Waals surface area (Å²) >= 11 is 0. The van der Waals surface area contributed by atoms with E-state index in [1.807, 2.05) is 60.7 Å². The van der Waals surface area contributed by atoms with Crippen LogP contribution in [0.25, 0.3) is 22.2 Å². The Balaban J connectivity index is 1.19. The van der Waals surface area contributed by atoms with E-state index in [-0.39, 0.29) is 31.2 Å². The third-order valence-corrected chi connectivity index (χ3v) is 11.3. The number of nitrogens with zero attached hydrogens (tertiary/aromatic N) is 2. The molecule has 13 heteroatoms. The number of nitrogens with two attached hydrogens (primary N) is 1. The van der Waals surface area contributed by atoms with Crippen molar-refractivity contribution >= 4 is 38.6 Å². The molecule has 1 unspecified atom stereocenters. The molecule has 0 bridgehead atoms. The van der Waals surface area contributed by atoms with Gasteiger partial charge in [-0.2, -0.15) is 0 Å². The highest BCUT2D eigenvalue weighted by atomic mass is 32.2. The van der Waals surface area contributed by atoms with Crippen LogP contribution in [-0.4, -0.2) is 78.7 Å². The van der Waals surface area contributed by atoms with Gasteiger partial charge in [0.15, 0.2) is 0 Å². The minimum Gasteiger partial charge on any atom is -0.497 e. The minimum absolute atomic E-state index is 0.0970. The van der Waals surface area contributed by atoms with Crippen LogP contribution >= 0.6 is 0 Å². The van der Waals surface area contributed by atoms with E-state index >= 15 is 0 Å². The van der Waals surface area contributed by atoms with Crippen LogP contribution in [0, 0.1) is 5.92 Å². The van der Waals surface area contributed by atoms with Gasteiger partial charge in [0.2, 0.25) is 21.8 Å². The molecule has 12 nitrogen and oxygen atoms in total. The number of hydrogen-bond donors (Lipinski definition) is 3. The SMILES string of the molecule is COc1ccc2c(O[C@@H]3C[C@H]4C(=O)N[C@]5(C(=O)NS(=O)(=O)C6CC6)CC5C=CCC[C@H](N)C(=O)N4C3)cc(-c3ccccc3)nc2c1.